The van der Waals surface area contributed by atoms with Gasteiger partial charge < -0.3 is 9.84 Å². The minimum absolute atomic E-state index is 0.153. The predicted molar refractivity (Wildman–Crippen MR) is 117 cm³/mol. The first-order valence-electron chi connectivity index (χ1n) is 9.69. The van der Waals surface area contributed by atoms with Crippen molar-refractivity contribution in [3.63, 3.8) is 0 Å². The summed E-state index contributed by atoms with van der Waals surface area (Å²) in [4.78, 5) is 22.6. The lowest BCUT2D eigenvalue weighted by Crippen LogP contribution is -2.21. The minimum atomic E-state index is -0.185. The topological polar surface area (TPSA) is 98.7 Å². The van der Waals surface area contributed by atoms with Gasteiger partial charge in [0.25, 0.3) is 5.91 Å². The second kappa shape index (κ2) is 8.11. The molecule has 0 spiro atoms. The molecule has 0 fully saturated rings. The van der Waals surface area contributed by atoms with Crippen LogP contribution in [0.5, 0.6) is 0 Å². The van der Waals surface area contributed by atoms with Crippen LogP contribution in [0.3, 0.4) is 0 Å². The average molecular weight is 430 g/mol. The molecule has 9 heteroatoms. The molecule has 0 unspecified atom stereocenters. The van der Waals surface area contributed by atoms with Gasteiger partial charge in [-0.05, 0) is 30.7 Å². The lowest BCUT2D eigenvalue weighted by atomic mass is 10.2. The summed E-state index contributed by atoms with van der Waals surface area (Å²) < 4.78 is 7.19. The Labute approximate surface area is 181 Å². The number of carbonyl (C=O) groups excluding carboxylic acids is 1. The fraction of sp³-hybridized carbons (Fsp3) is 0.136. The first-order chi connectivity index (χ1) is 15.2. The van der Waals surface area contributed by atoms with Crippen molar-refractivity contribution in [2.24, 2.45) is 0 Å². The number of hydrogen-bond acceptors (Lipinski definition) is 7. The van der Waals surface area contributed by atoms with Gasteiger partial charge in [0, 0.05) is 23.3 Å². The second-order valence-corrected chi connectivity index (χ2v) is 8.02. The number of benzene rings is 1. The lowest BCUT2D eigenvalue weighted by Gasteiger charge is -2.02. The molecule has 0 bridgehead atoms. The van der Waals surface area contributed by atoms with Gasteiger partial charge in [-0.15, -0.1) is 11.3 Å². The SMILES string of the molecule is Cc1nn(Cc2ccccc2)c2sc(C(=O)NCc3nc(-c4ccncc4)no3)cc12. The first-order valence-corrected chi connectivity index (χ1v) is 10.5. The van der Waals surface area contributed by atoms with Gasteiger partial charge in [0.05, 0.1) is 23.7 Å². The van der Waals surface area contributed by atoms with E-state index in [0.29, 0.717) is 23.1 Å². The summed E-state index contributed by atoms with van der Waals surface area (Å²) in [6.07, 6.45) is 3.32. The van der Waals surface area contributed by atoms with Gasteiger partial charge >= 0.3 is 0 Å². The van der Waals surface area contributed by atoms with E-state index in [9.17, 15) is 4.79 Å². The Morgan fingerprint density at radius 3 is 2.77 bits per heavy atom. The third-order valence-corrected chi connectivity index (χ3v) is 5.96. The molecule has 8 nitrogen and oxygen atoms in total. The van der Waals surface area contributed by atoms with E-state index in [-0.39, 0.29) is 12.5 Å². The molecular weight excluding hydrogens is 412 g/mol. The Morgan fingerprint density at radius 2 is 1.97 bits per heavy atom. The molecule has 0 saturated heterocycles. The van der Waals surface area contributed by atoms with Crippen molar-refractivity contribution >= 4 is 27.5 Å². The molecule has 0 aliphatic heterocycles. The van der Waals surface area contributed by atoms with Crippen LogP contribution in [0.25, 0.3) is 21.6 Å². The van der Waals surface area contributed by atoms with Crippen LogP contribution in [-0.2, 0) is 13.1 Å². The molecule has 0 atom stereocenters. The van der Waals surface area contributed by atoms with Crippen LogP contribution in [0.15, 0.2) is 65.4 Å². The van der Waals surface area contributed by atoms with Gasteiger partial charge in [-0.3, -0.25) is 14.5 Å². The highest BCUT2D eigenvalue weighted by Crippen LogP contribution is 2.29. The van der Waals surface area contributed by atoms with E-state index >= 15 is 0 Å². The largest absolute Gasteiger partial charge is 0.342 e. The Kier molecular flexibility index (Phi) is 5.01. The van der Waals surface area contributed by atoms with Crippen molar-refractivity contribution in [2.45, 2.75) is 20.0 Å². The number of rotatable bonds is 6. The van der Waals surface area contributed by atoms with Gasteiger partial charge in [0.2, 0.25) is 11.7 Å². The van der Waals surface area contributed by atoms with Gasteiger partial charge in [-0.2, -0.15) is 10.1 Å². The van der Waals surface area contributed by atoms with E-state index in [1.54, 1.807) is 24.5 Å². The highest BCUT2D eigenvalue weighted by atomic mass is 32.1. The summed E-state index contributed by atoms with van der Waals surface area (Å²) in [5, 5.41) is 12.4. The number of thiophene rings is 1. The Morgan fingerprint density at radius 1 is 1.16 bits per heavy atom. The van der Waals surface area contributed by atoms with Crippen molar-refractivity contribution in [1.29, 1.82) is 0 Å². The number of nitrogens with zero attached hydrogens (tertiary/aromatic N) is 5. The Bertz CT molecular complexity index is 1340. The van der Waals surface area contributed by atoms with Gasteiger partial charge in [-0.25, -0.2) is 0 Å². The van der Waals surface area contributed by atoms with E-state index < -0.39 is 0 Å². The van der Waals surface area contributed by atoms with E-state index in [1.165, 1.54) is 11.3 Å². The van der Waals surface area contributed by atoms with Crippen molar-refractivity contribution in [2.75, 3.05) is 0 Å². The summed E-state index contributed by atoms with van der Waals surface area (Å²) >= 11 is 1.42. The molecule has 1 aromatic carbocycles. The van der Waals surface area contributed by atoms with Gasteiger partial charge in [0.1, 0.15) is 4.83 Å². The maximum Gasteiger partial charge on any atom is 0.261 e. The number of fused-ring (bicyclic) bond motifs is 1. The summed E-state index contributed by atoms with van der Waals surface area (Å²) in [5.41, 5.74) is 2.87. The lowest BCUT2D eigenvalue weighted by molar-refractivity contribution is 0.0950. The van der Waals surface area contributed by atoms with Crippen LogP contribution in [0.2, 0.25) is 0 Å². The Balaban J connectivity index is 1.30. The van der Waals surface area contributed by atoms with E-state index in [0.717, 1.165) is 27.0 Å². The number of amides is 1. The van der Waals surface area contributed by atoms with E-state index in [4.69, 9.17) is 4.52 Å². The molecular formula is C22H18N6O2S. The number of nitrogens with one attached hydrogen (secondary N) is 1. The van der Waals surface area contributed by atoms with Crippen LogP contribution in [0.4, 0.5) is 0 Å². The van der Waals surface area contributed by atoms with Crippen molar-refractivity contribution < 1.29 is 9.32 Å². The normalized spacial score (nSPS) is 11.1. The molecule has 4 heterocycles. The molecule has 154 valence electrons. The third kappa shape index (κ3) is 3.95. The Hall–Kier alpha value is -3.85. The van der Waals surface area contributed by atoms with Crippen molar-refractivity contribution in [3.05, 3.63) is 82.9 Å². The molecule has 5 rings (SSSR count). The van der Waals surface area contributed by atoms with Crippen molar-refractivity contribution in [1.82, 2.24) is 30.2 Å². The molecule has 0 radical (unpaired) electrons. The van der Waals surface area contributed by atoms with Gasteiger partial charge in [0.15, 0.2) is 0 Å². The summed E-state index contributed by atoms with van der Waals surface area (Å²) in [5.74, 6) is 0.619. The highest BCUT2D eigenvalue weighted by Gasteiger charge is 2.17. The molecule has 0 aliphatic carbocycles. The van der Waals surface area contributed by atoms with Crippen LogP contribution in [0.1, 0.15) is 26.8 Å². The fourth-order valence-corrected chi connectivity index (χ4v) is 4.35. The number of aryl methyl sites for hydroxylation is 1. The molecule has 1 amide bonds. The molecule has 4 aromatic heterocycles. The number of hydrogen-bond donors (Lipinski definition) is 1. The standard InChI is InChI=1S/C22H18N6O2S/c1-14-17-11-18(31-22(17)28(26-14)13-15-5-3-2-4-6-15)21(29)24-12-19-25-20(27-30-19)16-7-9-23-10-8-16/h2-11H,12-13H2,1H3,(H,24,29). The molecule has 1 N–H and O–H groups in total. The average Bonchev–Trinajstić information content (AvgIpc) is 3.51. The number of carbonyl (C=O) groups is 1. The highest BCUT2D eigenvalue weighted by molar-refractivity contribution is 7.20. The second-order valence-electron chi connectivity index (χ2n) is 6.99. The quantitative estimate of drug-likeness (QED) is 0.440. The zero-order valence-corrected chi connectivity index (χ0v) is 17.5. The van der Waals surface area contributed by atoms with E-state index in [2.05, 4.69) is 37.7 Å². The number of pyridine rings is 1. The monoisotopic (exact) mass is 430 g/mol. The molecule has 0 aliphatic rings. The summed E-state index contributed by atoms with van der Waals surface area (Å²) in [6.45, 7) is 2.77. The predicted octanol–water partition coefficient (Wildman–Crippen LogP) is 3.83. The maximum atomic E-state index is 12.7. The van der Waals surface area contributed by atoms with Crippen LogP contribution in [0, 0.1) is 6.92 Å². The molecule has 5 aromatic rings. The maximum absolute atomic E-state index is 12.7. The fourth-order valence-electron chi connectivity index (χ4n) is 3.28. The van der Waals surface area contributed by atoms with Crippen LogP contribution >= 0.6 is 11.3 Å². The molecule has 31 heavy (non-hydrogen) atoms. The zero-order chi connectivity index (χ0) is 21.2. The third-order valence-electron chi connectivity index (χ3n) is 4.81. The van der Waals surface area contributed by atoms with Gasteiger partial charge in [-0.1, -0.05) is 35.5 Å². The first kappa shape index (κ1) is 19.1. The van der Waals surface area contributed by atoms with Crippen LogP contribution < -0.4 is 5.32 Å². The zero-order valence-electron chi connectivity index (χ0n) is 16.6. The summed E-state index contributed by atoms with van der Waals surface area (Å²) in [6, 6.07) is 15.6. The smallest absolute Gasteiger partial charge is 0.261 e. The minimum Gasteiger partial charge on any atom is -0.342 e. The molecule has 0 saturated carbocycles. The summed E-state index contributed by atoms with van der Waals surface area (Å²) in [7, 11) is 0. The van der Waals surface area contributed by atoms with Crippen LogP contribution in [-0.4, -0.2) is 30.8 Å². The van der Waals surface area contributed by atoms with Crippen molar-refractivity contribution in [3.8, 4) is 11.4 Å². The van der Waals surface area contributed by atoms with E-state index in [1.807, 2.05) is 35.9 Å². The number of aromatic nitrogens is 5.